The highest BCUT2D eigenvalue weighted by Gasteiger charge is 2.24. The van der Waals surface area contributed by atoms with Crippen LogP contribution in [-0.4, -0.2) is 42.6 Å². The molecule has 1 saturated heterocycles. The summed E-state index contributed by atoms with van der Waals surface area (Å²) in [5.41, 5.74) is 7.14. The average Bonchev–Trinajstić information content (AvgIpc) is 2.63. The second-order valence-corrected chi connectivity index (χ2v) is 5.12. The highest BCUT2D eigenvalue weighted by atomic mass is 16.5. The molecule has 4 nitrogen and oxygen atoms in total. The smallest absolute Gasteiger partial charge is 0.239 e. The Bertz CT molecular complexity index is 408. The zero-order valence-corrected chi connectivity index (χ0v) is 11.4. The summed E-state index contributed by atoms with van der Waals surface area (Å²) in [7, 11) is 0. The first-order chi connectivity index (χ1) is 9.16. The predicted molar refractivity (Wildman–Crippen MR) is 74.7 cm³/mol. The third-order valence-corrected chi connectivity index (χ3v) is 3.38. The Balaban J connectivity index is 1.94. The lowest BCUT2D eigenvalue weighted by atomic mass is 10.1. The van der Waals surface area contributed by atoms with E-state index in [1.807, 2.05) is 42.2 Å². The summed E-state index contributed by atoms with van der Waals surface area (Å²) >= 11 is 0. The minimum atomic E-state index is -0.465. The van der Waals surface area contributed by atoms with Gasteiger partial charge in [0.25, 0.3) is 0 Å². The molecule has 0 saturated carbocycles. The molecule has 0 aromatic heterocycles. The molecule has 1 aliphatic heterocycles. The van der Waals surface area contributed by atoms with Gasteiger partial charge >= 0.3 is 0 Å². The van der Waals surface area contributed by atoms with Crippen LogP contribution < -0.4 is 5.73 Å². The van der Waals surface area contributed by atoms with E-state index in [2.05, 4.69) is 0 Å². The number of ether oxygens (including phenoxy) is 1. The van der Waals surface area contributed by atoms with E-state index in [-0.39, 0.29) is 12.0 Å². The fraction of sp³-hybridized carbons (Fsp3) is 0.533. The quantitative estimate of drug-likeness (QED) is 0.890. The summed E-state index contributed by atoms with van der Waals surface area (Å²) < 4.78 is 5.55. The van der Waals surface area contributed by atoms with Gasteiger partial charge in [-0.3, -0.25) is 4.79 Å². The number of hydrogen-bond acceptors (Lipinski definition) is 3. The summed E-state index contributed by atoms with van der Waals surface area (Å²) in [6, 6.07) is 9.43. The number of nitrogens with zero attached hydrogens (tertiary/aromatic N) is 1. The first kappa shape index (κ1) is 14.0. The Kier molecular flexibility index (Phi) is 4.93. The molecule has 1 aromatic carbocycles. The Morgan fingerprint density at radius 2 is 2.21 bits per heavy atom. The van der Waals surface area contributed by atoms with Crippen molar-refractivity contribution in [3.05, 3.63) is 35.9 Å². The first-order valence-electron chi connectivity index (χ1n) is 6.86. The lowest BCUT2D eigenvalue weighted by Crippen LogP contribution is -2.46. The molecule has 1 fully saturated rings. The highest BCUT2D eigenvalue weighted by molar-refractivity contribution is 5.82. The van der Waals surface area contributed by atoms with Crippen LogP contribution in [-0.2, 0) is 16.0 Å². The Hall–Kier alpha value is -1.39. The van der Waals surface area contributed by atoms with Crippen molar-refractivity contribution in [1.29, 1.82) is 0 Å². The lowest BCUT2D eigenvalue weighted by Gasteiger charge is -2.25. The SMILES string of the molecule is C[C@H]1CN(C(=O)[C@@H](N)Cc2ccccc2)CCCO1. The first-order valence-corrected chi connectivity index (χ1v) is 6.86. The van der Waals surface area contributed by atoms with Gasteiger partial charge in [0, 0.05) is 19.7 Å². The van der Waals surface area contributed by atoms with Crippen molar-refractivity contribution in [2.75, 3.05) is 19.7 Å². The van der Waals surface area contributed by atoms with E-state index in [0.717, 1.165) is 25.1 Å². The van der Waals surface area contributed by atoms with Crippen molar-refractivity contribution >= 4 is 5.91 Å². The van der Waals surface area contributed by atoms with Gasteiger partial charge in [-0.05, 0) is 25.3 Å². The van der Waals surface area contributed by atoms with Crippen molar-refractivity contribution < 1.29 is 9.53 Å². The lowest BCUT2D eigenvalue weighted by molar-refractivity contribution is -0.133. The second-order valence-electron chi connectivity index (χ2n) is 5.12. The highest BCUT2D eigenvalue weighted by Crippen LogP contribution is 2.09. The van der Waals surface area contributed by atoms with Crippen LogP contribution in [0.1, 0.15) is 18.9 Å². The molecule has 2 atom stereocenters. The van der Waals surface area contributed by atoms with E-state index in [4.69, 9.17) is 10.5 Å². The predicted octanol–water partition coefficient (Wildman–Crippen LogP) is 1.19. The van der Waals surface area contributed by atoms with Gasteiger partial charge in [-0.25, -0.2) is 0 Å². The van der Waals surface area contributed by atoms with Gasteiger partial charge in [0.15, 0.2) is 0 Å². The monoisotopic (exact) mass is 262 g/mol. The summed E-state index contributed by atoms with van der Waals surface area (Å²) in [6.45, 7) is 4.10. The largest absolute Gasteiger partial charge is 0.377 e. The molecule has 1 heterocycles. The van der Waals surface area contributed by atoms with Crippen LogP contribution >= 0.6 is 0 Å². The maximum absolute atomic E-state index is 12.3. The number of rotatable bonds is 3. The van der Waals surface area contributed by atoms with Gasteiger partial charge < -0.3 is 15.4 Å². The van der Waals surface area contributed by atoms with Crippen LogP contribution in [0.5, 0.6) is 0 Å². The normalized spacial score (nSPS) is 21.8. The van der Waals surface area contributed by atoms with E-state index in [9.17, 15) is 4.79 Å². The van der Waals surface area contributed by atoms with Gasteiger partial charge in [0.05, 0.1) is 12.1 Å². The molecular weight excluding hydrogens is 240 g/mol. The minimum absolute atomic E-state index is 0.0289. The molecule has 104 valence electrons. The number of hydrogen-bond donors (Lipinski definition) is 1. The number of carbonyl (C=O) groups is 1. The Morgan fingerprint density at radius 3 is 2.95 bits per heavy atom. The molecule has 2 rings (SSSR count). The van der Waals surface area contributed by atoms with E-state index < -0.39 is 6.04 Å². The molecule has 0 radical (unpaired) electrons. The molecule has 2 N–H and O–H groups in total. The molecule has 19 heavy (non-hydrogen) atoms. The van der Waals surface area contributed by atoms with Crippen molar-refractivity contribution in [2.24, 2.45) is 5.73 Å². The molecular formula is C15H22N2O2. The van der Waals surface area contributed by atoms with Crippen molar-refractivity contribution in [3.63, 3.8) is 0 Å². The van der Waals surface area contributed by atoms with Crippen molar-refractivity contribution in [3.8, 4) is 0 Å². The van der Waals surface area contributed by atoms with Crippen molar-refractivity contribution in [1.82, 2.24) is 4.90 Å². The van der Waals surface area contributed by atoms with Gasteiger partial charge in [0.2, 0.25) is 5.91 Å². The fourth-order valence-electron chi connectivity index (χ4n) is 2.38. The van der Waals surface area contributed by atoms with Crippen LogP contribution in [0.3, 0.4) is 0 Å². The Labute approximate surface area is 114 Å². The van der Waals surface area contributed by atoms with E-state index in [1.165, 1.54) is 0 Å². The third-order valence-electron chi connectivity index (χ3n) is 3.38. The summed E-state index contributed by atoms with van der Waals surface area (Å²) in [5, 5.41) is 0. The molecule has 0 aliphatic carbocycles. The zero-order chi connectivity index (χ0) is 13.7. The Morgan fingerprint density at radius 1 is 1.47 bits per heavy atom. The van der Waals surface area contributed by atoms with E-state index in [0.29, 0.717) is 13.0 Å². The van der Waals surface area contributed by atoms with Crippen LogP contribution in [0, 0.1) is 0 Å². The van der Waals surface area contributed by atoms with Crippen LogP contribution in [0.2, 0.25) is 0 Å². The summed E-state index contributed by atoms with van der Waals surface area (Å²) in [4.78, 5) is 14.2. The fourth-order valence-corrected chi connectivity index (χ4v) is 2.38. The van der Waals surface area contributed by atoms with Crippen LogP contribution in [0.4, 0.5) is 0 Å². The number of benzene rings is 1. The molecule has 4 heteroatoms. The number of amides is 1. The maximum atomic E-state index is 12.3. The maximum Gasteiger partial charge on any atom is 0.239 e. The molecule has 1 aliphatic rings. The van der Waals surface area contributed by atoms with E-state index >= 15 is 0 Å². The summed E-state index contributed by atoms with van der Waals surface area (Å²) in [5.74, 6) is 0.0289. The molecule has 1 aromatic rings. The zero-order valence-electron chi connectivity index (χ0n) is 11.4. The molecule has 1 amide bonds. The second kappa shape index (κ2) is 6.68. The third kappa shape index (κ3) is 4.04. The van der Waals surface area contributed by atoms with Gasteiger partial charge in [0.1, 0.15) is 0 Å². The number of carbonyl (C=O) groups excluding carboxylic acids is 1. The van der Waals surface area contributed by atoms with Gasteiger partial charge in [-0.1, -0.05) is 30.3 Å². The van der Waals surface area contributed by atoms with Crippen LogP contribution in [0.25, 0.3) is 0 Å². The van der Waals surface area contributed by atoms with E-state index in [1.54, 1.807) is 0 Å². The van der Waals surface area contributed by atoms with Crippen LogP contribution in [0.15, 0.2) is 30.3 Å². The summed E-state index contributed by atoms with van der Waals surface area (Å²) in [6.07, 6.45) is 1.56. The standard InChI is InChI=1S/C15H22N2O2/c1-12-11-17(8-5-9-19-12)15(18)14(16)10-13-6-3-2-4-7-13/h2-4,6-7,12,14H,5,8-11,16H2,1H3/t12-,14-/m0/s1. The molecule has 0 bridgehead atoms. The molecule has 0 unspecified atom stereocenters. The van der Waals surface area contributed by atoms with Crippen molar-refractivity contribution in [2.45, 2.75) is 31.9 Å². The molecule has 0 spiro atoms. The average molecular weight is 262 g/mol. The number of nitrogens with two attached hydrogens (primary N) is 1. The topological polar surface area (TPSA) is 55.6 Å². The van der Waals surface area contributed by atoms with Gasteiger partial charge in [-0.15, -0.1) is 0 Å². The van der Waals surface area contributed by atoms with Gasteiger partial charge in [-0.2, -0.15) is 0 Å². The minimum Gasteiger partial charge on any atom is -0.377 e.